The number of carbonyl (C=O) groups is 3. The second-order valence-corrected chi connectivity index (χ2v) is 7.61. The Morgan fingerprint density at radius 3 is 2.69 bits per heavy atom. The number of amidine groups is 1. The van der Waals surface area contributed by atoms with Crippen LogP contribution in [0.3, 0.4) is 0 Å². The van der Waals surface area contributed by atoms with E-state index in [9.17, 15) is 22.8 Å². The van der Waals surface area contributed by atoms with E-state index in [1.54, 1.807) is 7.05 Å². The van der Waals surface area contributed by atoms with Gasteiger partial charge in [0, 0.05) is 32.7 Å². The molecular formula is C14H21N9O8S. The first kappa shape index (κ1) is 23.0. The molecule has 2 aliphatic heterocycles. The number of carbonyl (C=O) groups excluding carboxylic acids is 3. The Bertz CT molecular complexity index is 1050. The van der Waals surface area contributed by atoms with Gasteiger partial charge in [-0.1, -0.05) is 0 Å². The highest BCUT2D eigenvalue weighted by atomic mass is 32.3. The summed E-state index contributed by atoms with van der Waals surface area (Å²) in [6, 6.07) is -3.41. The molecule has 2 bridgehead atoms. The van der Waals surface area contributed by atoms with E-state index >= 15 is 0 Å². The van der Waals surface area contributed by atoms with Crippen molar-refractivity contribution in [2.45, 2.75) is 12.1 Å². The van der Waals surface area contributed by atoms with E-state index in [1.807, 2.05) is 0 Å². The molecule has 176 valence electrons. The number of rotatable bonds is 6. The lowest BCUT2D eigenvalue weighted by atomic mass is 9.97. The molecule has 0 radical (unpaired) electrons. The van der Waals surface area contributed by atoms with Gasteiger partial charge in [-0.2, -0.15) is 18.6 Å². The number of hydroxylamine groups is 3. The molecule has 5 amide bonds. The van der Waals surface area contributed by atoms with Crippen LogP contribution in [0, 0.1) is 0 Å². The van der Waals surface area contributed by atoms with Gasteiger partial charge in [0.1, 0.15) is 12.1 Å². The average Bonchev–Trinajstić information content (AvgIpc) is 3.21. The normalized spacial score (nSPS) is 20.1. The Morgan fingerprint density at radius 2 is 2.06 bits per heavy atom. The molecule has 2 atom stereocenters. The molecule has 1 saturated heterocycles. The SMILES string of the molecule is CN=C(NOC(=O)NCCNC(N)=O)C1c2c(cnn2C)C2CN1C(=O)N2OS(=O)(=O)O. The summed E-state index contributed by atoms with van der Waals surface area (Å²) in [6.45, 7) is 0.0996. The quantitative estimate of drug-likeness (QED) is 0.0992. The summed E-state index contributed by atoms with van der Waals surface area (Å²) in [7, 11) is -1.98. The molecule has 0 aliphatic carbocycles. The number of hydrogen-bond donors (Lipinski definition) is 5. The highest BCUT2D eigenvalue weighted by Crippen LogP contribution is 2.44. The van der Waals surface area contributed by atoms with Crippen molar-refractivity contribution in [2.24, 2.45) is 17.8 Å². The molecule has 1 aromatic rings. The topological polar surface area (TPSA) is 223 Å². The van der Waals surface area contributed by atoms with Crippen LogP contribution in [-0.4, -0.2) is 83.4 Å². The molecule has 3 rings (SSSR count). The van der Waals surface area contributed by atoms with Crippen molar-refractivity contribution in [3.63, 3.8) is 0 Å². The van der Waals surface area contributed by atoms with Crippen LogP contribution in [0.5, 0.6) is 0 Å². The van der Waals surface area contributed by atoms with Gasteiger partial charge >= 0.3 is 28.6 Å². The van der Waals surface area contributed by atoms with E-state index in [1.165, 1.54) is 22.8 Å². The first-order valence-corrected chi connectivity index (χ1v) is 10.4. The molecule has 18 heteroatoms. The van der Waals surface area contributed by atoms with E-state index < -0.39 is 40.6 Å². The third-order valence-electron chi connectivity index (χ3n) is 4.65. The third kappa shape index (κ3) is 4.65. The summed E-state index contributed by atoms with van der Waals surface area (Å²) in [5.74, 6) is 0.0285. The zero-order chi connectivity index (χ0) is 23.6. The standard InChI is InChI=1S/C14H21N9O8S/c1-16-11(20-30-13(25)18-4-3-17-12(15)24)10-9-7(5-19-21(9)2)8-6-22(10)14(26)23(8)31-32(27,28)29/h5,8,10H,3-4,6H2,1-2H3,(H,16,20)(H,18,25)(H3,15,17,24)(H,27,28,29). The fourth-order valence-electron chi connectivity index (χ4n) is 3.41. The Labute approximate surface area is 181 Å². The maximum absolute atomic E-state index is 12.8. The highest BCUT2D eigenvalue weighted by Gasteiger charge is 2.53. The van der Waals surface area contributed by atoms with Gasteiger partial charge in [-0.05, 0) is 0 Å². The number of aliphatic imine (C=N–C) groups is 1. The molecule has 1 aromatic heterocycles. The van der Waals surface area contributed by atoms with Crippen molar-refractivity contribution in [1.82, 2.24) is 35.9 Å². The average molecular weight is 475 g/mol. The van der Waals surface area contributed by atoms with Crippen molar-refractivity contribution < 1.29 is 36.5 Å². The maximum Gasteiger partial charge on any atom is 0.431 e. The molecule has 3 heterocycles. The van der Waals surface area contributed by atoms with Crippen LogP contribution in [0.4, 0.5) is 14.4 Å². The largest absolute Gasteiger partial charge is 0.431 e. The van der Waals surface area contributed by atoms with E-state index in [-0.39, 0.29) is 25.5 Å². The van der Waals surface area contributed by atoms with Gasteiger partial charge < -0.3 is 26.1 Å². The third-order valence-corrected chi connectivity index (χ3v) is 5.00. The van der Waals surface area contributed by atoms with Crippen LogP contribution >= 0.6 is 0 Å². The van der Waals surface area contributed by atoms with Crippen LogP contribution in [0.15, 0.2) is 11.2 Å². The number of amides is 5. The molecule has 32 heavy (non-hydrogen) atoms. The van der Waals surface area contributed by atoms with Gasteiger partial charge in [0.2, 0.25) is 0 Å². The number of hydrogen-bond acceptors (Lipinski definition) is 9. The Balaban J connectivity index is 1.77. The summed E-state index contributed by atoms with van der Waals surface area (Å²) >= 11 is 0. The monoisotopic (exact) mass is 475 g/mol. The second kappa shape index (κ2) is 8.85. The van der Waals surface area contributed by atoms with Crippen LogP contribution in [0.2, 0.25) is 0 Å². The molecule has 1 fully saturated rings. The summed E-state index contributed by atoms with van der Waals surface area (Å²) < 4.78 is 37.4. The zero-order valence-electron chi connectivity index (χ0n) is 16.9. The van der Waals surface area contributed by atoms with E-state index in [0.29, 0.717) is 16.3 Å². The molecule has 0 saturated carbocycles. The van der Waals surface area contributed by atoms with Crippen LogP contribution in [0.1, 0.15) is 23.3 Å². The van der Waals surface area contributed by atoms with Gasteiger partial charge in [-0.25, -0.2) is 19.9 Å². The minimum absolute atomic E-state index is 0.0105. The number of aryl methyl sites for hydroxylation is 1. The lowest BCUT2D eigenvalue weighted by Gasteiger charge is -2.31. The molecular weight excluding hydrogens is 454 g/mol. The predicted molar refractivity (Wildman–Crippen MR) is 104 cm³/mol. The Kier molecular flexibility index (Phi) is 6.37. The number of nitrogens with one attached hydrogen (secondary N) is 3. The summed E-state index contributed by atoms with van der Waals surface area (Å²) in [4.78, 5) is 45.5. The first-order valence-electron chi connectivity index (χ1n) is 9.02. The highest BCUT2D eigenvalue weighted by molar-refractivity contribution is 7.80. The van der Waals surface area contributed by atoms with Crippen molar-refractivity contribution in [1.29, 1.82) is 0 Å². The minimum atomic E-state index is -4.96. The predicted octanol–water partition coefficient (Wildman–Crippen LogP) is -2.08. The lowest BCUT2D eigenvalue weighted by Crippen LogP contribution is -2.46. The van der Waals surface area contributed by atoms with Crippen molar-refractivity contribution in [2.75, 3.05) is 26.7 Å². The molecule has 2 unspecified atom stereocenters. The van der Waals surface area contributed by atoms with Gasteiger partial charge in [-0.15, -0.1) is 4.28 Å². The van der Waals surface area contributed by atoms with Crippen molar-refractivity contribution in [3.05, 3.63) is 17.5 Å². The summed E-state index contributed by atoms with van der Waals surface area (Å²) in [5.41, 5.74) is 8.20. The minimum Gasteiger partial charge on any atom is -0.352 e. The number of primary amides is 1. The zero-order valence-corrected chi connectivity index (χ0v) is 17.7. The van der Waals surface area contributed by atoms with Gasteiger partial charge in [0.25, 0.3) is 0 Å². The molecule has 6 N–H and O–H groups in total. The number of nitrogens with zero attached hydrogens (tertiary/aromatic N) is 5. The smallest absolute Gasteiger partial charge is 0.352 e. The molecule has 17 nitrogen and oxygen atoms in total. The second-order valence-electron chi connectivity index (χ2n) is 6.61. The fourth-order valence-corrected chi connectivity index (χ4v) is 3.78. The Morgan fingerprint density at radius 1 is 1.38 bits per heavy atom. The van der Waals surface area contributed by atoms with Gasteiger partial charge in [-0.3, -0.25) is 14.2 Å². The summed E-state index contributed by atoms with van der Waals surface area (Å²) in [6.07, 6.45) is 0.524. The fraction of sp³-hybridized carbons (Fsp3) is 0.500. The molecule has 0 aromatic carbocycles. The number of urea groups is 2. The lowest BCUT2D eigenvalue weighted by molar-refractivity contribution is -0.0316. The van der Waals surface area contributed by atoms with Gasteiger partial charge in [0.15, 0.2) is 5.84 Å². The number of aromatic nitrogens is 2. The van der Waals surface area contributed by atoms with Crippen LogP contribution in [0.25, 0.3) is 0 Å². The number of nitrogens with two attached hydrogens (primary N) is 1. The Hall–Kier alpha value is -3.64. The van der Waals surface area contributed by atoms with Crippen LogP contribution in [-0.2, 0) is 26.6 Å². The van der Waals surface area contributed by atoms with Crippen molar-refractivity contribution >= 4 is 34.4 Å². The van der Waals surface area contributed by atoms with Crippen molar-refractivity contribution in [3.8, 4) is 0 Å². The van der Waals surface area contributed by atoms with E-state index in [2.05, 4.69) is 30.5 Å². The maximum atomic E-state index is 12.8. The summed E-state index contributed by atoms with van der Waals surface area (Å²) in [5, 5.41) is 9.30. The molecule has 0 spiro atoms. The first-order chi connectivity index (χ1) is 15.0. The van der Waals surface area contributed by atoms with Crippen LogP contribution < -0.4 is 21.8 Å². The van der Waals surface area contributed by atoms with E-state index in [0.717, 1.165) is 0 Å². The van der Waals surface area contributed by atoms with Gasteiger partial charge in [0.05, 0.1) is 18.4 Å². The molecule has 2 aliphatic rings. The van der Waals surface area contributed by atoms with E-state index in [4.69, 9.17) is 15.1 Å². The number of fused-ring (bicyclic) bond motifs is 4.